The summed E-state index contributed by atoms with van der Waals surface area (Å²) in [5.74, 6) is 2.38. The van der Waals surface area contributed by atoms with Crippen molar-refractivity contribution in [2.45, 2.75) is 4.90 Å². The van der Waals surface area contributed by atoms with Gasteiger partial charge < -0.3 is 5.32 Å². The van der Waals surface area contributed by atoms with E-state index < -0.39 is 9.84 Å². The first-order chi connectivity index (χ1) is 6.95. The summed E-state index contributed by atoms with van der Waals surface area (Å²) in [7, 11) is -3.22. The molecule has 1 aromatic rings. The quantitative estimate of drug-likeness (QED) is 0.824. The zero-order valence-corrected chi connectivity index (χ0v) is 9.69. The van der Waals surface area contributed by atoms with E-state index in [1.807, 2.05) is 0 Å². The Bertz CT molecular complexity index is 503. The minimum absolute atomic E-state index is 0.214. The topological polar surface area (TPSA) is 46.2 Å². The lowest BCUT2D eigenvalue weighted by Gasteiger charge is -2.07. The van der Waals surface area contributed by atoms with Gasteiger partial charge in [0, 0.05) is 6.26 Å². The molecule has 0 aliphatic heterocycles. The van der Waals surface area contributed by atoms with Crippen LogP contribution in [0.4, 0.5) is 5.69 Å². The molecule has 15 heavy (non-hydrogen) atoms. The van der Waals surface area contributed by atoms with Crippen molar-refractivity contribution in [3.05, 3.63) is 23.2 Å². The molecule has 80 valence electrons. The van der Waals surface area contributed by atoms with Gasteiger partial charge in [-0.1, -0.05) is 17.5 Å². The summed E-state index contributed by atoms with van der Waals surface area (Å²) in [6.45, 7) is 0.299. The molecule has 0 fully saturated rings. The van der Waals surface area contributed by atoms with Gasteiger partial charge in [-0.2, -0.15) is 0 Å². The average Bonchev–Trinajstić information content (AvgIpc) is 2.15. The molecule has 0 radical (unpaired) electrons. The Balaban J connectivity index is 3.12. The number of sulfone groups is 1. The number of hydrogen-bond acceptors (Lipinski definition) is 3. The Labute approximate surface area is 94.4 Å². The smallest absolute Gasteiger partial charge is 0.175 e. The van der Waals surface area contributed by atoms with Crippen LogP contribution in [0, 0.1) is 12.3 Å². The summed E-state index contributed by atoms with van der Waals surface area (Å²) in [6, 6.07) is 4.45. The third kappa shape index (κ3) is 3.15. The van der Waals surface area contributed by atoms with Crippen molar-refractivity contribution in [1.29, 1.82) is 0 Å². The SMILES string of the molecule is C#CCNc1cc(S(C)(=O)=O)ccc1Cl. The van der Waals surface area contributed by atoms with Crippen LogP contribution in [0.25, 0.3) is 0 Å². The van der Waals surface area contributed by atoms with E-state index in [4.69, 9.17) is 18.0 Å². The van der Waals surface area contributed by atoms with Crippen LogP contribution in [0.1, 0.15) is 0 Å². The highest BCUT2D eigenvalue weighted by Crippen LogP contribution is 2.24. The van der Waals surface area contributed by atoms with Crippen LogP contribution in [0.3, 0.4) is 0 Å². The van der Waals surface area contributed by atoms with Gasteiger partial charge in [0.2, 0.25) is 0 Å². The highest BCUT2D eigenvalue weighted by molar-refractivity contribution is 7.90. The van der Waals surface area contributed by atoms with Crippen molar-refractivity contribution in [1.82, 2.24) is 0 Å². The fourth-order valence-electron chi connectivity index (χ4n) is 1.02. The first kappa shape index (κ1) is 11.9. The highest BCUT2D eigenvalue weighted by Gasteiger charge is 2.09. The first-order valence-electron chi connectivity index (χ1n) is 4.12. The van der Waals surface area contributed by atoms with Crippen LogP contribution >= 0.6 is 11.6 Å². The molecule has 0 aromatic heterocycles. The van der Waals surface area contributed by atoms with Crippen molar-refractivity contribution in [2.24, 2.45) is 0 Å². The highest BCUT2D eigenvalue weighted by atomic mass is 35.5. The average molecular weight is 244 g/mol. The zero-order chi connectivity index (χ0) is 11.5. The standard InChI is InChI=1S/C10H10ClNO2S/c1-3-6-12-10-7-8(15(2,13)14)4-5-9(10)11/h1,4-5,7,12H,6H2,2H3. The Hall–Kier alpha value is -1.18. The van der Waals surface area contributed by atoms with E-state index >= 15 is 0 Å². The largest absolute Gasteiger partial charge is 0.373 e. The van der Waals surface area contributed by atoms with E-state index in [0.717, 1.165) is 6.26 Å². The van der Waals surface area contributed by atoms with E-state index in [-0.39, 0.29) is 4.90 Å². The molecular formula is C10H10ClNO2S. The lowest BCUT2D eigenvalue weighted by Crippen LogP contribution is -2.02. The molecular weight excluding hydrogens is 234 g/mol. The van der Waals surface area contributed by atoms with E-state index in [1.54, 1.807) is 0 Å². The summed E-state index contributed by atoms with van der Waals surface area (Å²) in [6.07, 6.45) is 6.22. The maximum absolute atomic E-state index is 11.3. The molecule has 0 aliphatic rings. The molecule has 0 heterocycles. The fraction of sp³-hybridized carbons (Fsp3) is 0.200. The Morgan fingerprint density at radius 2 is 2.20 bits per heavy atom. The van der Waals surface area contributed by atoms with Gasteiger partial charge in [-0.3, -0.25) is 0 Å². The number of rotatable bonds is 3. The predicted octanol–water partition coefficient (Wildman–Crippen LogP) is 1.79. The third-order valence-electron chi connectivity index (χ3n) is 1.75. The number of hydrogen-bond donors (Lipinski definition) is 1. The summed E-state index contributed by atoms with van der Waals surface area (Å²) >= 11 is 5.86. The Kier molecular flexibility index (Phi) is 3.61. The van der Waals surface area contributed by atoms with Crippen LogP contribution in [0.2, 0.25) is 5.02 Å². The molecule has 0 unspecified atom stereocenters. The first-order valence-corrected chi connectivity index (χ1v) is 6.39. The molecule has 0 bridgehead atoms. The van der Waals surface area contributed by atoms with Gasteiger partial charge >= 0.3 is 0 Å². The molecule has 0 saturated carbocycles. The van der Waals surface area contributed by atoms with E-state index in [2.05, 4.69) is 11.2 Å². The molecule has 0 aliphatic carbocycles. The van der Waals surface area contributed by atoms with Gasteiger partial charge in [0.15, 0.2) is 9.84 Å². The number of benzene rings is 1. The van der Waals surface area contributed by atoms with Crippen LogP contribution in [-0.4, -0.2) is 21.2 Å². The number of anilines is 1. The molecule has 0 saturated heterocycles. The van der Waals surface area contributed by atoms with Crippen molar-refractivity contribution < 1.29 is 8.42 Å². The van der Waals surface area contributed by atoms with E-state index in [0.29, 0.717) is 17.3 Å². The normalized spacial score (nSPS) is 10.7. The van der Waals surface area contributed by atoms with Crippen LogP contribution in [0.5, 0.6) is 0 Å². The summed E-state index contributed by atoms with van der Waals surface area (Å²) in [5, 5.41) is 3.28. The molecule has 0 amide bonds. The summed E-state index contributed by atoms with van der Waals surface area (Å²) < 4.78 is 22.5. The minimum Gasteiger partial charge on any atom is -0.373 e. The summed E-state index contributed by atoms with van der Waals surface area (Å²) in [5.41, 5.74) is 0.526. The lowest BCUT2D eigenvalue weighted by atomic mass is 10.3. The maximum atomic E-state index is 11.3. The molecule has 1 N–H and O–H groups in total. The number of terminal acetylenes is 1. The van der Waals surface area contributed by atoms with Gasteiger partial charge in [0.25, 0.3) is 0 Å². The molecule has 1 rings (SSSR count). The van der Waals surface area contributed by atoms with Crippen molar-refractivity contribution >= 4 is 27.1 Å². The van der Waals surface area contributed by atoms with Gasteiger partial charge in [-0.05, 0) is 18.2 Å². The van der Waals surface area contributed by atoms with Gasteiger partial charge in [-0.25, -0.2) is 8.42 Å². The van der Waals surface area contributed by atoms with Crippen LogP contribution < -0.4 is 5.32 Å². The van der Waals surface area contributed by atoms with Crippen molar-refractivity contribution in [3.8, 4) is 12.3 Å². The molecule has 1 aromatic carbocycles. The Morgan fingerprint density at radius 3 is 2.73 bits per heavy atom. The van der Waals surface area contributed by atoms with Crippen LogP contribution in [-0.2, 0) is 9.84 Å². The second-order valence-corrected chi connectivity index (χ2v) is 5.39. The monoisotopic (exact) mass is 243 g/mol. The zero-order valence-electron chi connectivity index (χ0n) is 8.12. The fourth-order valence-corrected chi connectivity index (χ4v) is 1.85. The second-order valence-electron chi connectivity index (χ2n) is 2.97. The number of halogens is 1. The van der Waals surface area contributed by atoms with Crippen molar-refractivity contribution in [3.63, 3.8) is 0 Å². The summed E-state index contributed by atoms with van der Waals surface area (Å²) in [4.78, 5) is 0.214. The van der Waals surface area contributed by atoms with Crippen LogP contribution in [0.15, 0.2) is 23.1 Å². The van der Waals surface area contributed by atoms with Gasteiger partial charge in [0.05, 0.1) is 22.2 Å². The minimum atomic E-state index is -3.22. The predicted molar refractivity (Wildman–Crippen MR) is 61.9 cm³/mol. The van der Waals surface area contributed by atoms with Crippen molar-refractivity contribution in [2.75, 3.05) is 18.1 Å². The second kappa shape index (κ2) is 4.56. The molecule has 3 nitrogen and oxygen atoms in total. The molecule has 0 spiro atoms. The van der Waals surface area contributed by atoms with E-state index in [9.17, 15) is 8.42 Å². The maximum Gasteiger partial charge on any atom is 0.175 e. The molecule has 0 atom stereocenters. The van der Waals surface area contributed by atoms with Gasteiger partial charge in [0.1, 0.15) is 0 Å². The van der Waals surface area contributed by atoms with Gasteiger partial charge in [-0.15, -0.1) is 6.42 Å². The lowest BCUT2D eigenvalue weighted by molar-refractivity contribution is 0.602. The third-order valence-corrected chi connectivity index (χ3v) is 3.19. The van der Waals surface area contributed by atoms with E-state index in [1.165, 1.54) is 18.2 Å². The Morgan fingerprint density at radius 1 is 1.53 bits per heavy atom. The number of nitrogens with one attached hydrogen (secondary N) is 1. The molecule has 5 heteroatoms.